The van der Waals surface area contributed by atoms with E-state index >= 15 is 0 Å². The van der Waals surface area contributed by atoms with E-state index in [4.69, 9.17) is 0 Å². The lowest BCUT2D eigenvalue weighted by Crippen LogP contribution is -2.37. The van der Waals surface area contributed by atoms with Crippen molar-refractivity contribution in [1.82, 2.24) is 10.2 Å². The summed E-state index contributed by atoms with van der Waals surface area (Å²) in [5.41, 5.74) is 0. The Bertz CT molecular complexity index is 173. The maximum atomic E-state index is 11.6. The number of amides is 1. The van der Waals surface area contributed by atoms with Crippen LogP contribution in [0.15, 0.2) is 0 Å². The van der Waals surface area contributed by atoms with Crippen LogP contribution in [0.5, 0.6) is 0 Å². The van der Waals surface area contributed by atoms with E-state index in [2.05, 4.69) is 12.2 Å². The zero-order valence-electron chi connectivity index (χ0n) is 8.54. The van der Waals surface area contributed by atoms with Gasteiger partial charge in [-0.3, -0.25) is 4.79 Å². The number of hydrogen-bond acceptors (Lipinski definition) is 2. The molecule has 0 aromatic carbocycles. The Morgan fingerprint density at radius 1 is 1.54 bits per heavy atom. The first kappa shape index (κ1) is 12.7. The van der Waals surface area contributed by atoms with Crippen LogP contribution in [0.25, 0.3) is 0 Å². The average molecular weight is 207 g/mol. The summed E-state index contributed by atoms with van der Waals surface area (Å²) >= 11 is 0. The predicted molar refractivity (Wildman–Crippen MR) is 56.1 cm³/mol. The van der Waals surface area contributed by atoms with E-state index in [0.717, 1.165) is 19.4 Å². The predicted octanol–water partition coefficient (Wildman–Crippen LogP) is 0.884. The lowest BCUT2D eigenvalue weighted by molar-refractivity contribution is -0.133. The van der Waals surface area contributed by atoms with Gasteiger partial charge in [-0.15, -0.1) is 12.4 Å². The maximum Gasteiger partial charge on any atom is 0.226 e. The Morgan fingerprint density at radius 3 is 2.62 bits per heavy atom. The molecule has 0 aromatic rings. The third kappa shape index (κ3) is 2.85. The SMILES string of the molecule is CCC1NCCC1C(=O)N(C)C.Cl. The van der Waals surface area contributed by atoms with E-state index in [9.17, 15) is 4.79 Å². The third-order valence-corrected chi connectivity index (χ3v) is 2.55. The molecule has 0 aromatic heterocycles. The number of halogens is 1. The fraction of sp³-hybridized carbons (Fsp3) is 0.889. The standard InChI is InChI=1S/C9H18N2O.ClH/c1-4-8-7(5-6-10-8)9(12)11(2)3;/h7-8,10H,4-6H2,1-3H3;1H. The second-order valence-corrected chi connectivity index (χ2v) is 3.60. The quantitative estimate of drug-likeness (QED) is 0.728. The second-order valence-electron chi connectivity index (χ2n) is 3.60. The summed E-state index contributed by atoms with van der Waals surface area (Å²) in [4.78, 5) is 13.3. The molecule has 0 bridgehead atoms. The minimum absolute atomic E-state index is 0. The van der Waals surface area contributed by atoms with Gasteiger partial charge >= 0.3 is 0 Å². The summed E-state index contributed by atoms with van der Waals surface area (Å²) in [6.07, 6.45) is 2.04. The smallest absolute Gasteiger partial charge is 0.226 e. The number of nitrogens with one attached hydrogen (secondary N) is 1. The molecule has 13 heavy (non-hydrogen) atoms. The molecule has 1 saturated heterocycles. The Labute approximate surface area is 86.3 Å². The molecule has 1 rings (SSSR count). The summed E-state index contributed by atoms with van der Waals surface area (Å²) in [7, 11) is 3.65. The van der Waals surface area contributed by atoms with Gasteiger partial charge in [0.25, 0.3) is 0 Å². The number of nitrogens with zero attached hydrogens (tertiary/aromatic N) is 1. The number of carbonyl (C=O) groups excluding carboxylic acids is 1. The highest BCUT2D eigenvalue weighted by molar-refractivity contribution is 5.85. The normalized spacial score (nSPS) is 26.7. The lowest BCUT2D eigenvalue weighted by atomic mass is 9.97. The highest BCUT2D eigenvalue weighted by Crippen LogP contribution is 2.19. The highest BCUT2D eigenvalue weighted by Gasteiger charge is 2.31. The van der Waals surface area contributed by atoms with Gasteiger partial charge in [0.1, 0.15) is 0 Å². The van der Waals surface area contributed by atoms with Gasteiger partial charge in [-0.25, -0.2) is 0 Å². The molecule has 78 valence electrons. The van der Waals surface area contributed by atoms with Crippen LogP contribution in [0.3, 0.4) is 0 Å². The van der Waals surface area contributed by atoms with Crippen molar-refractivity contribution < 1.29 is 4.79 Å². The Hall–Kier alpha value is -0.280. The van der Waals surface area contributed by atoms with Crippen LogP contribution in [0, 0.1) is 5.92 Å². The van der Waals surface area contributed by atoms with Crippen LogP contribution >= 0.6 is 12.4 Å². The lowest BCUT2D eigenvalue weighted by Gasteiger charge is -2.20. The van der Waals surface area contributed by atoms with E-state index in [1.54, 1.807) is 4.90 Å². The summed E-state index contributed by atoms with van der Waals surface area (Å²) < 4.78 is 0. The first-order valence-corrected chi connectivity index (χ1v) is 4.61. The third-order valence-electron chi connectivity index (χ3n) is 2.55. The molecule has 0 aliphatic carbocycles. The largest absolute Gasteiger partial charge is 0.349 e. The summed E-state index contributed by atoms with van der Waals surface area (Å²) in [6, 6.07) is 0.403. The fourth-order valence-electron chi connectivity index (χ4n) is 1.82. The van der Waals surface area contributed by atoms with Gasteiger partial charge in [0.05, 0.1) is 5.92 Å². The minimum Gasteiger partial charge on any atom is -0.349 e. The van der Waals surface area contributed by atoms with Gasteiger partial charge in [0, 0.05) is 20.1 Å². The first-order valence-electron chi connectivity index (χ1n) is 4.61. The highest BCUT2D eigenvalue weighted by atomic mass is 35.5. The molecule has 1 fully saturated rings. The van der Waals surface area contributed by atoms with Crippen molar-refractivity contribution >= 4 is 18.3 Å². The van der Waals surface area contributed by atoms with Crippen molar-refractivity contribution in [2.24, 2.45) is 5.92 Å². The average Bonchev–Trinajstić information content (AvgIpc) is 2.49. The van der Waals surface area contributed by atoms with Crippen molar-refractivity contribution in [3.05, 3.63) is 0 Å². The number of hydrogen-bond donors (Lipinski definition) is 1. The van der Waals surface area contributed by atoms with Gasteiger partial charge in [0.2, 0.25) is 5.91 Å². The molecule has 0 radical (unpaired) electrons. The van der Waals surface area contributed by atoms with Crippen LogP contribution in [0.2, 0.25) is 0 Å². The molecule has 1 N–H and O–H groups in total. The van der Waals surface area contributed by atoms with E-state index in [1.807, 2.05) is 14.1 Å². The van der Waals surface area contributed by atoms with Crippen molar-refractivity contribution in [3.8, 4) is 0 Å². The zero-order valence-corrected chi connectivity index (χ0v) is 9.36. The molecule has 1 aliphatic heterocycles. The van der Waals surface area contributed by atoms with Gasteiger partial charge in [-0.2, -0.15) is 0 Å². The van der Waals surface area contributed by atoms with E-state index in [-0.39, 0.29) is 24.2 Å². The van der Waals surface area contributed by atoms with Gasteiger partial charge in [-0.1, -0.05) is 6.92 Å². The van der Waals surface area contributed by atoms with Crippen LogP contribution in [0.1, 0.15) is 19.8 Å². The molecule has 1 amide bonds. The van der Waals surface area contributed by atoms with E-state index in [1.165, 1.54) is 0 Å². The van der Waals surface area contributed by atoms with Crippen molar-refractivity contribution in [1.29, 1.82) is 0 Å². The maximum absolute atomic E-state index is 11.6. The Morgan fingerprint density at radius 2 is 2.15 bits per heavy atom. The van der Waals surface area contributed by atoms with Crippen molar-refractivity contribution in [2.45, 2.75) is 25.8 Å². The molecular weight excluding hydrogens is 188 g/mol. The summed E-state index contributed by atoms with van der Waals surface area (Å²) in [5, 5.41) is 3.34. The van der Waals surface area contributed by atoms with Crippen molar-refractivity contribution in [3.63, 3.8) is 0 Å². The van der Waals surface area contributed by atoms with Crippen LogP contribution in [-0.2, 0) is 4.79 Å². The van der Waals surface area contributed by atoms with Crippen molar-refractivity contribution in [2.75, 3.05) is 20.6 Å². The molecule has 1 aliphatic rings. The molecule has 0 spiro atoms. The van der Waals surface area contributed by atoms with Gasteiger partial charge in [-0.05, 0) is 19.4 Å². The molecule has 2 unspecified atom stereocenters. The number of rotatable bonds is 2. The monoisotopic (exact) mass is 206 g/mol. The minimum atomic E-state index is 0. The zero-order chi connectivity index (χ0) is 9.14. The van der Waals surface area contributed by atoms with Gasteiger partial charge in [0.15, 0.2) is 0 Å². The molecular formula is C9H19ClN2O. The fourth-order valence-corrected chi connectivity index (χ4v) is 1.82. The summed E-state index contributed by atoms with van der Waals surface area (Å²) in [6.45, 7) is 3.11. The molecule has 3 nitrogen and oxygen atoms in total. The number of carbonyl (C=O) groups is 1. The second kappa shape index (κ2) is 5.45. The Kier molecular flexibility index (Phi) is 5.33. The molecule has 0 saturated carbocycles. The Balaban J connectivity index is 0.00000144. The van der Waals surface area contributed by atoms with Crippen LogP contribution in [-0.4, -0.2) is 37.5 Å². The molecule has 1 heterocycles. The van der Waals surface area contributed by atoms with Gasteiger partial charge < -0.3 is 10.2 Å². The summed E-state index contributed by atoms with van der Waals surface area (Å²) in [5.74, 6) is 0.483. The molecule has 4 heteroatoms. The molecule has 2 atom stereocenters. The van der Waals surface area contributed by atoms with Crippen LogP contribution < -0.4 is 5.32 Å². The van der Waals surface area contributed by atoms with E-state index < -0.39 is 0 Å². The van der Waals surface area contributed by atoms with E-state index in [0.29, 0.717) is 6.04 Å². The topological polar surface area (TPSA) is 32.3 Å². The van der Waals surface area contributed by atoms with Crippen LogP contribution in [0.4, 0.5) is 0 Å². The first-order chi connectivity index (χ1) is 5.66.